The number of nitrogens with zero attached hydrogens (tertiary/aromatic N) is 2. The lowest BCUT2D eigenvalue weighted by Gasteiger charge is -2.32. The van der Waals surface area contributed by atoms with Crippen LogP contribution in [0.2, 0.25) is 0 Å². The molecular weight excluding hydrogens is 322 g/mol. The Morgan fingerprint density at radius 3 is 2.52 bits per heavy atom. The number of hydrogen-bond donors (Lipinski definition) is 0. The monoisotopic (exact) mass is 346 g/mol. The molecule has 1 aromatic carbocycles. The molecule has 2 fully saturated rings. The van der Waals surface area contributed by atoms with E-state index < -0.39 is 18.3 Å². The molecule has 1 atom stereocenters. The van der Waals surface area contributed by atoms with Crippen LogP contribution in [0.15, 0.2) is 18.3 Å². The largest absolute Gasteiger partial charge is 0.495 e. The van der Waals surface area contributed by atoms with Gasteiger partial charge in [-0.2, -0.15) is 5.10 Å². The van der Waals surface area contributed by atoms with Crippen LogP contribution in [0.1, 0.15) is 53.2 Å². The first-order valence-corrected chi connectivity index (χ1v) is 8.92. The summed E-state index contributed by atoms with van der Waals surface area (Å²) < 4.78 is 34.2. The lowest BCUT2D eigenvalue weighted by molar-refractivity contribution is -0.0366. The fourth-order valence-electron chi connectivity index (χ4n) is 3.45. The topological polar surface area (TPSA) is 45.5 Å². The first kappa shape index (κ1) is 17.0. The van der Waals surface area contributed by atoms with E-state index in [1.54, 1.807) is 10.9 Å². The van der Waals surface area contributed by atoms with Crippen LogP contribution in [0.3, 0.4) is 0 Å². The van der Waals surface area contributed by atoms with Gasteiger partial charge in [-0.1, -0.05) is 0 Å². The molecule has 0 N–H and O–H groups in total. The second-order valence-electron chi connectivity index (χ2n) is 7.93. The summed E-state index contributed by atoms with van der Waals surface area (Å²) in [7, 11) is -0.617. The van der Waals surface area contributed by atoms with Crippen LogP contribution in [0, 0.1) is 5.82 Å². The molecule has 2 saturated heterocycles. The third-order valence-electron chi connectivity index (χ3n) is 5.65. The SMILES string of the molecule is CC1(C)OB(c2cc(F)cc3c2cnn3C2CCCCO2)OC1(C)C. The Labute approximate surface area is 147 Å². The molecule has 4 rings (SSSR count). The van der Waals surface area contributed by atoms with Gasteiger partial charge in [-0.3, -0.25) is 0 Å². The molecule has 0 amide bonds. The van der Waals surface area contributed by atoms with Gasteiger partial charge in [0.05, 0.1) is 22.9 Å². The zero-order valence-corrected chi connectivity index (χ0v) is 15.2. The highest BCUT2D eigenvalue weighted by molar-refractivity contribution is 6.65. The van der Waals surface area contributed by atoms with Crippen LogP contribution in [-0.4, -0.2) is 34.7 Å². The Bertz CT molecular complexity index is 783. The Morgan fingerprint density at radius 1 is 1.16 bits per heavy atom. The zero-order valence-electron chi connectivity index (χ0n) is 15.2. The average molecular weight is 346 g/mol. The van der Waals surface area contributed by atoms with Crippen molar-refractivity contribution in [1.82, 2.24) is 9.78 Å². The number of hydrogen-bond acceptors (Lipinski definition) is 4. The lowest BCUT2D eigenvalue weighted by atomic mass is 9.77. The Morgan fingerprint density at radius 2 is 1.88 bits per heavy atom. The summed E-state index contributed by atoms with van der Waals surface area (Å²) in [6.07, 6.45) is 4.65. The van der Waals surface area contributed by atoms with Crippen molar-refractivity contribution < 1.29 is 18.4 Å². The molecule has 0 spiro atoms. The number of halogens is 1. The highest BCUT2D eigenvalue weighted by Crippen LogP contribution is 2.37. The van der Waals surface area contributed by atoms with Crippen molar-refractivity contribution in [3.8, 4) is 0 Å². The quantitative estimate of drug-likeness (QED) is 0.784. The van der Waals surface area contributed by atoms with Crippen molar-refractivity contribution in [2.24, 2.45) is 0 Å². The third-order valence-corrected chi connectivity index (χ3v) is 5.65. The molecule has 0 bridgehead atoms. The lowest BCUT2D eigenvalue weighted by Crippen LogP contribution is -2.41. The molecule has 1 aromatic heterocycles. The van der Waals surface area contributed by atoms with Gasteiger partial charge in [0.15, 0.2) is 6.23 Å². The summed E-state index contributed by atoms with van der Waals surface area (Å²) in [5.41, 5.74) is 0.449. The maximum absolute atomic E-state index is 14.4. The van der Waals surface area contributed by atoms with Gasteiger partial charge in [0.1, 0.15) is 5.82 Å². The van der Waals surface area contributed by atoms with Gasteiger partial charge in [-0.05, 0) is 64.6 Å². The van der Waals surface area contributed by atoms with Crippen molar-refractivity contribution in [2.75, 3.05) is 6.61 Å². The van der Waals surface area contributed by atoms with E-state index >= 15 is 0 Å². The van der Waals surface area contributed by atoms with Gasteiger partial charge >= 0.3 is 7.12 Å². The molecule has 0 radical (unpaired) electrons. The molecule has 25 heavy (non-hydrogen) atoms. The fourth-order valence-corrected chi connectivity index (χ4v) is 3.45. The van der Waals surface area contributed by atoms with Crippen molar-refractivity contribution in [3.05, 3.63) is 24.1 Å². The highest BCUT2D eigenvalue weighted by atomic mass is 19.1. The van der Waals surface area contributed by atoms with Crippen LogP contribution in [0.25, 0.3) is 10.9 Å². The molecule has 0 saturated carbocycles. The van der Waals surface area contributed by atoms with E-state index in [1.807, 2.05) is 27.7 Å². The smallest absolute Gasteiger partial charge is 0.399 e. The van der Waals surface area contributed by atoms with E-state index in [9.17, 15) is 4.39 Å². The fraction of sp³-hybridized carbons (Fsp3) is 0.611. The standard InChI is InChI=1S/C18H24BFN2O3/c1-17(2)18(3,4)25-19(24-17)14-9-12(20)10-15-13(14)11-21-22(15)16-7-5-6-8-23-16/h9-11,16H,5-8H2,1-4H3. The maximum Gasteiger partial charge on any atom is 0.495 e. The van der Waals surface area contributed by atoms with Crippen molar-refractivity contribution in [2.45, 2.75) is 64.4 Å². The number of rotatable bonds is 2. The molecule has 2 aliphatic rings. The molecule has 2 aliphatic heterocycles. The van der Waals surface area contributed by atoms with E-state index in [2.05, 4.69) is 5.10 Å². The minimum Gasteiger partial charge on any atom is -0.399 e. The molecule has 2 aromatic rings. The minimum absolute atomic E-state index is 0.140. The first-order valence-electron chi connectivity index (χ1n) is 8.92. The van der Waals surface area contributed by atoms with Gasteiger partial charge in [0.2, 0.25) is 0 Å². The second-order valence-corrected chi connectivity index (χ2v) is 7.93. The summed E-state index contributed by atoms with van der Waals surface area (Å²) in [6, 6.07) is 2.99. The van der Waals surface area contributed by atoms with Gasteiger partial charge < -0.3 is 14.0 Å². The minimum atomic E-state index is -0.617. The first-order chi connectivity index (χ1) is 11.8. The predicted molar refractivity (Wildman–Crippen MR) is 94.2 cm³/mol. The summed E-state index contributed by atoms with van der Waals surface area (Å²) in [5, 5.41) is 5.32. The van der Waals surface area contributed by atoms with E-state index in [-0.39, 0.29) is 12.0 Å². The normalized spacial score (nSPS) is 25.6. The average Bonchev–Trinajstić information content (AvgIpc) is 3.06. The molecule has 0 aliphatic carbocycles. The number of fused-ring (bicyclic) bond motifs is 1. The Balaban J connectivity index is 1.77. The van der Waals surface area contributed by atoms with E-state index in [1.165, 1.54) is 12.1 Å². The van der Waals surface area contributed by atoms with Gasteiger partial charge in [-0.25, -0.2) is 9.07 Å². The Hall–Kier alpha value is -1.44. The third kappa shape index (κ3) is 2.78. The van der Waals surface area contributed by atoms with Crippen molar-refractivity contribution in [3.63, 3.8) is 0 Å². The Kier molecular flexibility index (Phi) is 3.94. The van der Waals surface area contributed by atoms with Gasteiger partial charge in [0, 0.05) is 12.0 Å². The van der Waals surface area contributed by atoms with Gasteiger partial charge in [0.25, 0.3) is 0 Å². The number of aromatic nitrogens is 2. The van der Waals surface area contributed by atoms with Crippen LogP contribution in [-0.2, 0) is 14.0 Å². The van der Waals surface area contributed by atoms with Crippen LogP contribution >= 0.6 is 0 Å². The van der Waals surface area contributed by atoms with E-state index in [0.717, 1.165) is 30.2 Å². The summed E-state index contributed by atoms with van der Waals surface area (Å²) in [6.45, 7) is 8.67. The van der Waals surface area contributed by atoms with Crippen LogP contribution in [0.4, 0.5) is 4.39 Å². The van der Waals surface area contributed by atoms with Crippen LogP contribution < -0.4 is 5.46 Å². The van der Waals surface area contributed by atoms with Crippen molar-refractivity contribution in [1.29, 1.82) is 0 Å². The maximum atomic E-state index is 14.4. The molecule has 5 nitrogen and oxygen atoms in total. The van der Waals surface area contributed by atoms with Gasteiger partial charge in [-0.15, -0.1) is 0 Å². The van der Waals surface area contributed by atoms with Crippen LogP contribution in [0.5, 0.6) is 0 Å². The summed E-state index contributed by atoms with van der Waals surface area (Å²) >= 11 is 0. The molecule has 3 heterocycles. The highest BCUT2D eigenvalue weighted by Gasteiger charge is 2.52. The second kappa shape index (κ2) is 5.79. The van der Waals surface area contributed by atoms with Crippen molar-refractivity contribution >= 4 is 23.5 Å². The number of benzene rings is 1. The van der Waals surface area contributed by atoms with E-state index in [0.29, 0.717) is 12.1 Å². The predicted octanol–water partition coefficient (Wildman–Crippen LogP) is 3.17. The molecular formula is C18H24BFN2O3. The van der Waals surface area contributed by atoms with E-state index in [4.69, 9.17) is 14.0 Å². The summed E-state index contributed by atoms with van der Waals surface area (Å²) in [5.74, 6) is -0.324. The molecule has 7 heteroatoms. The molecule has 134 valence electrons. The summed E-state index contributed by atoms with van der Waals surface area (Å²) in [4.78, 5) is 0. The zero-order chi connectivity index (χ0) is 17.8. The molecule has 1 unspecified atom stereocenters. The number of ether oxygens (including phenoxy) is 1.